The molecule has 0 saturated heterocycles. The Bertz CT molecular complexity index is 944. The van der Waals surface area contributed by atoms with Crippen molar-refractivity contribution in [2.24, 2.45) is 0 Å². The molecule has 0 aliphatic heterocycles. The molecule has 1 aromatic carbocycles. The van der Waals surface area contributed by atoms with Crippen LogP contribution in [0, 0.1) is 0 Å². The molecule has 0 saturated carbocycles. The minimum absolute atomic E-state index is 0. The number of Topliss-reactive ketones (excluding diaryl/α,β-unsaturated/α-hetero) is 1. The largest absolute Gasteiger partial charge is 1.00 e. The highest BCUT2D eigenvalue weighted by Crippen LogP contribution is 2.23. The molecule has 0 spiro atoms. The predicted octanol–water partition coefficient (Wildman–Crippen LogP) is 0.557. The zero-order valence-electron chi connectivity index (χ0n) is 11.6. The summed E-state index contributed by atoms with van der Waals surface area (Å²) in [6.45, 7) is 0.367. The van der Waals surface area contributed by atoms with Crippen molar-refractivity contribution in [3.05, 3.63) is 65.1 Å². The van der Waals surface area contributed by atoms with Crippen LogP contribution in [0.1, 0.15) is 9.67 Å². The maximum atomic E-state index is 12.2. The molecular weight excluding hydrogens is 360 g/mol. The van der Waals surface area contributed by atoms with E-state index in [0.717, 1.165) is 15.9 Å². The van der Waals surface area contributed by atoms with Crippen LogP contribution in [0.4, 0.5) is 0 Å². The molecule has 22 heavy (non-hydrogen) atoms. The number of halogens is 1. The summed E-state index contributed by atoms with van der Waals surface area (Å²) in [6, 6.07) is 14.1. The van der Waals surface area contributed by atoms with E-state index in [1.807, 2.05) is 46.6 Å². The maximum Gasteiger partial charge on any atom is 0.237 e. The van der Waals surface area contributed by atoms with Crippen molar-refractivity contribution in [3.63, 3.8) is 0 Å². The molecule has 3 nitrogen and oxygen atoms in total. The van der Waals surface area contributed by atoms with Crippen LogP contribution in [-0.4, -0.2) is 10.8 Å². The highest BCUT2D eigenvalue weighted by molar-refractivity contribution is 7.12. The molecule has 3 aromatic heterocycles. The van der Waals surface area contributed by atoms with Crippen LogP contribution in [0.5, 0.6) is 0 Å². The van der Waals surface area contributed by atoms with E-state index in [1.165, 1.54) is 22.1 Å². The number of nitrogens with one attached hydrogen (secondary N) is 1. The lowest BCUT2D eigenvalue weighted by atomic mass is 10.2. The highest BCUT2D eigenvalue weighted by atomic mass is 79.9. The van der Waals surface area contributed by atoms with Gasteiger partial charge in [-0.05, 0) is 17.5 Å². The Kier molecular flexibility index (Phi) is 4.09. The van der Waals surface area contributed by atoms with Crippen molar-refractivity contribution >= 4 is 38.9 Å². The Morgan fingerprint density at radius 3 is 2.68 bits per heavy atom. The Morgan fingerprint density at radius 2 is 1.86 bits per heavy atom. The van der Waals surface area contributed by atoms with Gasteiger partial charge < -0.3 is 22.0 Å². The second-order valence-corrected chi connectivity index (χ2v) is 5.96. The minimum Gasteiger partial charge on any atom is -1.00 e. The number of pyridine rings is 1. The molecule has 0 bridgehead atoms. The van der Waals surface area contributed by atoms with Crippen LogP contribution >= 0.6 is 11.3 Å². The molecule has 5 heteroatoms. The van der Waals surface area contributed by atoms with Gasteiger partial charge in [0.2, 0.25) is 12.3 Å². The lowest BCUT2D eigenvalue weighted by Gasteiger charge is -1.95. The van der Waals surface area contributed by atoms with Gasteiger partial charge in [-0.1, -0.05) is 24.3 Å². The predicted molar refractivity (Wildman–Crippen MR) is 84.6 cm³/mol. The van der Waals surface area contributed by atoms with Gasteiger partial charge in [0.1, 0.15) is 5.52 Å². The molecule has 0 aliphatic rings. The quantitative estimate of drug-likeness (QED) is 0.414. The van der Waals surface area contributed by atoms with Gasteiger partial charge in [-0.3, -0.25) is 4.79 Å². The average molecular weight is 373 g/mol. The molecule has 3 heterocycles. The van der Waals surface area contributed by atoms with E-state index < -0.39 is 0 Å². The van der Waals surface area contributed by atoms with Crippen LogP contribution in [0.15, 0.2) is 60.2 Å². The number of nitrogens with zero attached hydrogens (tertiary/aromatic N) is 1. The van der Waals surface area contributed by atoms with Crippen molar-refractivity contribution in [3.8, 4) is 0 Å². The van der Waals surface area contributed by atoms with Crippen molar-refractivity contribution in [1.29, 1.82) is 0 Å². The van der Waals surface area contributed by atoms with Gasteiger partial charge in [0.25, 0.3) is 0 Å². The third kappa shape index (κ3) is 2.58. The molecule has 1 N–H and O–H groups in total. The SMILES string of the molecule is O=C(C[n+]1ccc2c(c1)[nH]c1ccccc12)c1cccs1.[Br-]. The van der Waals surface area contributed by atoms with Gasteiger partial charge in [0.05, 0.1) is 4.88 Å². The molecule has 0 amide bonds. The van der Waals surface area contributed by atoms with Gasteiger partial charge in [-0.2, -0.15) is 4.57 Å². The molecule has 110 valence electrons. The summed E-state index contributed by atoms with van der Waals surface area (Å²) in [6.07, 6.45) is 3.97. The molecule has 0 atom stereocenters. The van der Waals surface area contributed by atoms with E-state index in [0.29, 0.717) is 6.54 Å². The van der Waals surface area contributed by atoms with Crippen LogP contribution in [0.25, 0.3) is 21.8 Å². The number of H-pyrrole nitrogens is 1. The molecule has 0 fully saturated rings. The van der Waals surface area contributed by atoms with Gasteiger partial charge in [-0.25, -0.2) is 0 Å². The summed E-state index contributed by atoms with van der Waals surface area (Å²) in [5, 5.41) is 4.33. The van der Waals surface area contributed by atoms with Crippen LogP contribution in [0.3, 0.4) is 0 Å². The van der Waals surface area contributed by atoms with Gasteiger partial charge in [-0.15, -0.1) is 11.3 Å². The number of carbonyl (C=O) groups is 1. The van der Waals surface area contributed by atoms with E-state index in [2.05, 4.69) is 23.2 Å². The number of hydrogen-bond donors (Lipinski definition) is 1. The molecule has 4 rings (SSSR count). The van der Waals surface area contributed by atoms with E-state index in [-0.39, 0.29) is 22.8 Å². The lowest BCUT2D eigenvalue weighted by Crippen LogP contribution is -3.00. The summed E-state index contributed by atoms with van der Waals surface area (Å²) >= 11 is 1.49. The normalized spacial score (nSPS) is 10.7. The van der Waals surface area contributed by atoms with Crippen molar-refractivity contribution in [2.45, 2.75) is 6.54 Å². The number of aromatic amines is 1. The van der Waals surface area contributed by atoms with Crippen molar-refractivity contribution < 1.29 is 26.3 Å². The van der Waals surface area contributed by atoms with E-state index in [9.17, 15) is 4.79 Å². The van der Waals surface area contributed by atoms with Crippen LogP contribution in [-0.2, 0) is 6.54 Å². The number of carbonyl (C=O) groups excluding carboxylic acids is 1. The van der Waals surface area contributed by atoms with Crippen LogP contribution < -0.4 is 21.5 Å². The van der Waals surface area contributed by atoms with E-state index >= 15 is 0 Å². The highest BCUT2D eigenvalue weighted by Gasteiger charge is 2.14. The Morgan fingerprint density at radius 1 is 1.05 bits per heavy atom. The topological polar surface area (TPSA) is 36.7 Å². The Balaban J connectivity index is 0.00000144. The zero-order chi connectivity index (χ0) is 14.2. The first-order chi connectivity index (χ1) is 10.3. The number of para-hydroxylation sites is 1. The summed E-state index contributed by atoms with van der Waals surface area (Å²) in [5.41, 5.74) is 2.17. The first kappa shape index (κ1) is 14.9. The number of ketones is 1. The third-order valence-corrected chi connectivity index (χ3v) is 4.54. The van der Waals surface area contributed by atoms with Crippen molar-refractivity contribution in [2.75, 3.05) is 0 Å². The summed E-state index contributed by atoms with van der Waals surface area (Å²) in [7, 11) is 0. The first-order valence-electron chi connectivity index (χ1n) is 6.77. The smallest absolute Gasteiger partial charge is 0.237 e. The molecule has 0 aliphatic carbocycles. The zero-order valence-corrected chi connectivity index (χ0v) is 14.0. The lowest BCUT2D eigenvalue weighted by molar-refractivity contribution is -0.681. The van der Waals surface area contributed by atoms with Gasteiger partial charge in [0, 0.05) is 22.4 Å². The number of benzene rings is 1. The molecule has 0 radical (unpaired) electrons. The second-order valence-electron chi connectivity index (χ2n) is 5.02. The monoisotopic (exact) mass is 372 g/mol. The summed E-state index contributed by atoms with van der Waals surface area (Å²) < 4.78 is 1.93. The fraction of sp³-hybridized carbons (Fsp3) is 0.0588. The van der Waals surface area contributed by atoms with Crippen molar-refractivity contribution in [1.82, 2.24) is 4.98 Å². The van der Waals surface area contributed by atoms with E-state index in [1.54, 1.807) is 0 Å². The number of aromatic nitrogens is 2. The molecule has 0 unspecified atom stereocenters. The van der Waals surface area contributed by atoms with E-state index in [4.69, 9.17) is 0 Å². The van der Waals surface area contributed by atoms with Gasteiger partial charge in [0.15, 0.2) is 12.4 Å². The fourth-order valence-electron chi connectivity index (χ4n) is 2.62. The standard InChI is InChI=1S/C17H12N2OS.BrH/c20-16(17-6-3-9-21-17)11-19-8-7-13-12-4-1-2-5-14(12)18-15(13)10-19;/h1-10H,11H2;1H. The fourth-order valence-corrected chi connectivity index (χ4v) is 3.28. The number of thiophene rings is 1. The number of rotatable bonds is 3. The Hall–Kier alpha value is -1.98. The second kappa shape index (κ2) is 6.02. The average Bonchev–Trinajstić information content (AvgIpc) is 3.14. The maximum absolute atomic E-state index is 12.2. The molecular formula is C17H13BrN2OS. The van der Waals surface area contributed by atoms with Gasteiger partial charge >= 0.3 is 0 Å². The first-order valence-corrected chi connectivity index (χ1v) is 7.65. The third-order valence-electron chi connectivity index (χ3n) is 3.63. The summed E-state index contributed by atoms with van der Waals surface area (Å²) in [5.74, 6) is 0.144. The molecule has 4 aromatic rings. The number of fused-ring (bicyclic) bond motifs is 3. The summed E-state index contributed by atoms with van der Waals surface area (Å²) in [4.78, 5) is 16.4. The number of hydrogen-bond acceptors (Lipinski definition) is 2. The van der Waals surface area contributed by atoms with Crippen LogP contribution in [0.2, 0.25) is 0 Å². The Labute approximate surface area is 142 Å². The minimum atomic E-state index is 0.